The van der Waals surface area contributed by atoms with Gasteiger partial charge >= 0.3 is 5.97 Å². The van der Waals surface area contributed by atoms with E-state index in [0.29, 0.717) is 0 Å². The van der Waals surface area contributed by atoms with Crippen LogP contribution in [0.5, 0.6) is 0 Å². The Morgan fingerprint density at radius 3 is 2.94 bits per heavy atom. The largest absolute Gasteiger partial charge is 0.478 e. The van der Waals surface area contributed by atoms with E-state index in [0.717, 1.165) is 31.1 Å². The third-order valence-electron chi connectivity index (χ3n) is 3.43. The molecule has 0 amide bonds. The van der Waals surface area contributed by atoms with E-state index in [1.165, 1.54) is 23.8 Å². The molecule has 0 spiro atoms. The van der Waals surface area contributed by atoms with Crippen LogP contribution < -0.4 is 0 Å². The summed E-state index contributed by atoms with van der Waals surface area (Å²) in [4.78, 5) is 14.3. The summed E-state index contributed by atoms with van der Waals surface area (Å²) in [5.74, 6) is -0.0464. The Labute approximate surface area is 112 Å². The Morgan fingerprint density at radius 1 is 1.56 bits per heavy atom. The van der Waals surface area contributed by atoms with Crippen molar-refractivity contribution in [1.82, 2.24) is 4.90 Å². The molecule has 0 unspecified atom stereocenters. The van der Waals surface area contributed by atoms with Crippen LogP contribution in [0.3, 0.4) is 0 Å². The highest BCUT2D eigenvalue weighted by Gasteiger charge is 2.16. The molecule has 0 saturated carbocycles. The Bertz CT molecular complexity index is 431. The second-order valence-electron chi connectivity index (χ2n) is 4.93. The summed E-state index contributed by atoms with van der Waals surface area (Å²) in [6.07, 6.45) is 5.45. The molecule has 1 N–H and O–H groups in total. The van der Waals surface area contributed by atoms with Gasteiger partial charge in [-0.15, -0.1) is 11.3 Å². The molecule has 0 atom stereocenters. The fourth-order valence-corrected chi connectivity index (χ4v) is 3.12. The fourth-order valence-electron chi connectivity index (χ4n) is 2.21. The molecule has 1 saturated heterocycles. The van der Waals surface area contributed by atoms with Crippen LogP contribution >= 0.6 is 11.3 Å². The SMILES string of the molecule is CC1CCN(Cc2sccc2C=CC(=O)O)CC1. The second-order valence-corrected chi connectivity index (χ2v) is 5.93. The van der Waals surface area contributed by atoms with Crippen LogP contribution in [0.2, 0.25) is 0 Å². The number of rotatable bonds is 4. The maximum Gasteiger partial charge on any atom is 0.328 e. The lowest BCUT2D eigenvalue weighted by Gasteiger charge is -2.29. The highest BCUT2D eigenvalue weighted by molar-refractivity contribution is 7.10. The minimum Gasteiger partial charge on any atom is -0.478 e. The average Bonchev–Trinajstić information content (AvgIpc) is 2.77. The number of likely N-dealkylation sites (tertiary alicyclic amines) is 1. The van der Waals surface area contributed by atoms with Gasteiger partial charge in [-0.05, 0) is 54.9 Å². The van der Waals surface area contributed by atoms with Crippen molar-refractivity contribution in [2.45, 2.75) is 26.3 Å². The molecule has 1 aromatic heterocycles. The third kappa shape index (κ3) is 3.68. The molecule has 2 heterocycles. The van der Waals surface area contributed by atoms with Crippen molar-refractivity contribution in [2.75, 3.05) is 13.1 Å². The van der Waals surface area contributed by atoms with Gasteiger partial charge in [0.25, 0.3) is 0 Å². The van der Waals surface area contributed by atoms with Crippen molar-refractivity contribution in [3.05, 3.63) is 28.0 Å². The molecule has 0 aliphatic carbocycles. The Balaban J connectivity index is 1.97. The molecule has 1 aliphatic heterocycles. The molecule has 1 fully saturated rings. The molecule has 0 bridgehead atoms. The topological polar surface area (TPSA) is 40.5 Å². The predicted molar refractivity (Wildman–Crippen MR) is 74.7 cm³/mol. The van der Waals surface area contributed by atoms with Crippen molar-refractivity contribution in [3.63, 3.8) is 0 Å². The third-order valence-corrected chi connectivity index (χ3v) is 4.35. The molecule has 4 heteroatoms. The number of piperidine rings is 1. The van der Waals surface area contributed by atoms with E-state index in [-0.39, 0.29) is 0 Å². The average molecular weight is 265 g/mol. The summed E-state index contributed by atoms with van der Waals surface area (Å²) >= 11 is 1.71. The molecule has 3 nitrogen and oxygen atoms in total. The smallest absolute Gasteiger partial charge is 0.328 e. The Morgan fingerprint density at radius 2 is 2.28 bits per heavy atom. The number of thiophene rings is 1. The van der Waals surface area contributed by atoms with Crippen LogP contribution in [-0.2, 0) is 11.3 Å². The van der Waals surface area contributed by atoms with Crippen molar-refractivity contribution in [1.29, 1.82) is 0 Å². The highest BCUT2D eigenvalue weighted by atomic mass is 32.1. The molecular formula is C14H19NO2S. The zero-order valence-electron chi connectivity index (χ0n) is 10.6. The normalized spacial score (nSPS) is 18.5. The van der Waals surface area contributed by atoms with Gasteiger partial charge in [-0.25, -0.2) is 4.79 Å². The molecule has 0 radical (unpaired) electrons. The van der Waals surface area contributed by atoms with Crippen molar-refractivity contribution in [2.24, 2.45) is 5.92 Å². The number of aliphatic carboxylic acids is 1. The van der Waals surface area contributed by atoms with Crippen LogP contribution in [0, 0.1) is 5.92 Å². The lowest BCUT2D eigenvalue weighted by molar-refractivity contribution is -0.131. The zero-order valence-corrected chi connectivity index (χ0v) is 11.4. The first-order valence-electron chi connectivity index (χ1n) is 6.35. The summed E-state index contributed by atoms with van der Waals surface area (Å²) in [5.41, 5.74) is 1.04. The van der Waals surface area contributed by atoms with Gasteiger partial charge in [0.05, 0.1) is 0 Å². The Kier molecular flexibility index (Phi) is 4.55. The number of nitrogens with zero attached hydrogens (tertiary/aromatic N) is 1. The quantitative estimate of drug-likeness (QED) is 0.851. The van der Waals surface area contributed by atoms with Crippen LogP contribution in [0.15, 0.2) is 17.5 Å². The van der Waals surface area contributed by atoms with Crippen molar-refractivity contribution >= 4 is 23.4 Å². The van der Waals surface area contributed by atoms with Gasteiger partial charge in [0.15, 0.2) is 0 Å². The first-order chi connectivity index (χ1) is 8.65. The lowest BCUT2D eigenvalue weighted by atomic mass is 9.99. The molecule has 1 aromatic rings. The van der Waals surface area contributed by atoms with Crippen LogP contribution in [0.25, 0.3) is 6.08 Å². The van der Waals surface area contributed by atoms with Crippen LogP contribution in [0.4, 0.5) is 0 Å². The maximum absolute atomic E-state index is 10.5. The molecule has 2 rings (SSSR count). The molecule has 18 heavy (non-hydrogen) atoms. The van der Waals surface area contributed by atoms with Gasteiger partial charge in [-0.1, -0.05) is 6.92 Å². The highest BCUT2D eigenvalue weighted by Crippen LogP contribution is 2.23. The summed E-state index contributed by atoms with van der Waals surface area (Å²) in [7, 11) is 0. The van der Waals surface area contributed by atoms with Gasteiger partial charge < -0.3 is 5.11 Å². The van der Waals surface area contributed by atoms with Gasteiger partial charge in [0.1, 0.15) is 0 Å². The summed E-state index contributed by atoms with van der Waals surface area (Å²) in [6, 6.07) is 1.99. The predicted octanol–water partition coefficient (Wildman–Crippen LogP) is 3.08. The van der Waals surface area contributed by atoms with E-state index in [1.54, 1.807) is 17.4 Å². The lowest BCUT2D eigenvalue weighted by Crippen LogP contribution is -2.32. The zero-order chi connectivity index (χ0) is 13.0. The summed E-state index contributed by atoms with van der Waals surface area (Å²) in [6.45, 7) is 5.56. The van der Waals surface area contributed by atoms with E-state index in [1.807, 2.05) is 11.4 Å². The van der Waals surface area contributed by atoms with E-state index in [9.17, 15) is 4.79 Å². The second kappa shape index (κ2) is 6.16. The van der Waals surface area contributed by atoms with Crippen molar-refractivity contribution < 1.29 is 9.90 Å². The minimum atomic E-state index is -0.890. The van der Waals surface area contributed by atoms with Gasteiger partial charge in [-0.3, -0.25) is 4.90 Å². The fraction of sp³-hybridized carbons (Fsp3) is 0.500. The standard InChI is InChI=1S/C14H19NO2S/c1-11-4-7-15(8-5-11)10-13-12(6-9-18-13)2-3-14(16)17/h2-3,6,9,11H,4-5,7-8,10H2,1H3,(H,16,17). The summed E-state index contributed by atoms with van der Waals surface area (Å²) in [5, 5.41) is 10.7. The van der Waals surface area contributed by atoms with E-state index in [2.05, 4.69) is 11.8 Å². The van der Waals surface area contributed by atoms with Gasteiger partial charge in [0, 0.05) is 17.5 Å². The van der Waals surface area contributed by atoms with E-state index < -0.39 is 5.97 Å². The number of hydrogen-bond acceptors (Lipinski definition) is 3. The minimum absolute atomic E-state index is 0.843. The van der Waals surface area contributed by atoms with Crippen LogP contribution in [0.1, 0.15) is 30.2 Å². The Hall–Kier alpha value is -1.13. The number of carboxylic acids is 1. The first-order valence-corrected chi connectivity index (χ1v) is 7.23. The van der Waals surface area contributed by atoms with Gasteiger partial charge in [-0.2, -0.15) is 0 Å². The number of carbonyl (C=O) groups is 1. The number of hydrogen-bond donors (Lipinski definition) is 1. The van der Waals surface area contributed by atoms with E-state index in [4.69, 9.17) is 5.11 Å². The van der Waals surface area contributed by atoms with Crippen LogP contribution in [-0.4, -0.2) is 29.1 Å². The van der Waals surface area contributed by atoms with Gasteiger partial charge in [0.2, 0.25) is 0 Å². The summed E-state index contributed by atoms with van der Waals surface area (Å²) < 4.78 is 0. The number of carboxylic acid groups (broad SMARTS) is 1. The first kappa shape index (κ1) is 13.3. The molecular weight excluding hydrogens is 246 g/mol. The molecule has 98 valence electrons. The molecule has 1 aliphatic rings. The maximum atomic E-state index is 10.5. The van der Waals surface area contributed by atoms with E-state index >= 15 is 0 Å². The molecule has 0 aromatic carbocycles. The van der Waals surface area contributed by atoms with Crippen molar-refractivity contribution in [3.8, 4) is 0 Å². The monoisotopic (exact) mass is 265 g/mol.